The minimum absolute atomic E-state index is 0.00516. The summed E-state index contributed by atoms with van der Waals surface area (Å²) in [7, 11) is -4.99. The lowest BCUT2D eigenvalue weighted by Gasteiger charge is -2.28. The van der Waals surface area contributed by atoms with Crippen molar-refractivity contribution in [2.24, 2.45) is 0 Å². The number of esters is 2. The number of carbonyl (C=O) groups is 2. The number of benzene rings is 1. The molecule has 0 radical (unpaired) electrons. The third kappa shape index (κ3) is 3.17. The van der Waals surface area contributed by atoms with E-state index in [1.807, 2.05) is 0 Å². The number of halogens is 2. The van der Waals surface area contributed by atoms with Gasteiger partial charge in [-0.3, -0.25) is 0 Å². The van der Waals surface area contributed by atoms with Crippen molar-refractivity contribution in [2.45, 2.75) is 30.4 Å². The number of carbonyl (C=O) groups excluding carboxylic acids is 2. The van der Waals surface area contributed by atoms with E-state index < -0.39 is 38.3 Å². The number of cyclic esters (lactones) is 1. The molecule has 0 saturated carbocycles. The molecule has 28 heavy (non-hydrogen) atoms. The second-order valence-electron chi connectivity index (χ2n) is 6.13. The molecule has 1 aromatic carbocycles. The van der Waals surface area contributed by atoms with E-state index in [-0.39, 0.29) is 29.9 Å². The number of dihydropyridines is 1. The summed E-state index contributed by atoms with van der Waals surface area (Å²) in [6, 6.07) is 5.06. The molecule has 2 aliphatic heterocycles. The summed E-state index contributed by atoms with van der Waals surface area (Å²) in [4.78, 5) is 24.3. The van der Waals surface area contributed by atoms with Crippen LogP contribution in [0.25, 0.3) is 0 Å². The number of alkyl halides is 2. The van der Waals surface area contributed by atoms with Gasteiger partial charge < -0.3 is 14.8 Å². The van der Waals surface area contributed by atoms with E-state index in [2.05, 4.69) is 5.32 Å². The van der Waals surface area contributed by atoms with E-state index in [4.69, 9.17) is 9.47 Å². The van der Waals surface area contributed by atoms with Crippen LogP contribution in [0.3, 0.4) is 0 Å². The fourth-order valence-corrected chi connectivity index (χ4v) is 4.31. The maximum Gasteiger partial charge on any atom is 0.341 e. The van der Waals surface area contributed by atoms with Gasteiger partial charge in [-0.25, -0.2) is 18.0 Å². The first kappa shape index (κ1) is 20.0. The Hall–Kier alpha value is -2.75. The number of nitrogens with one attached hydrogen (secondary N) is 1. The highest BCUT2D eigenvalue weighted by Gasteiger charge is 2.44. The maximum absolute atomic E-state index is 13.2. The number of sulfone groups is 1. The van der Waals surface area contributed by atoms with Gasteiger partial charge in [0.25, 0.3) is 0 Å². The molecule has 0 aromatic heterocycles. The third-order valence-electron chi connectivity index (χ3n) is 4.48. The van der Waals surface area contributed by atoms with Crippen LogP contribution in [-0.2, 0) is 28.9 Å². The van der Waals surface area contributed by atoms with Gasteiger partial charge in [-0.05, 0) is 25.5 Å². The molecule has 2 heterocycles. The minimum atomic E-state index is -4.99. The Morgan fingerprint density at radius 1 is 1.36 bits per heavy atom. The van der Waals surface area contributed by atoms with Crippen LogP contribution in [0.4, 0.5) is 8.78 Å². The predicted molar refractivity (Wildman–Crippen MR) is 92.8 cm³/mol. The van der Waals surface area contributed by atoms with E-state index in [0.717, 1.165) is 6.07 Å². The molecular formula is C18H17F2NO6S. The van der Waals surface area contributed by atoms with Crippen LogP contribution >= 0.6 is 0 Å². The zero-order chi connectivity index (χ0) is 20.6. The monoisotopic (exact) mass is 413 g/mol. The largest absolute Gasteiger partial charge is 0.463 e. The SMILES string of the molecule is CCOC(=O)C1=C(C)NC2=C(C(=O)OC2)C1c1ccccc1S(=O)(=O)C(F)F. The molecule has 0 bridgehead atoms. The first-order valence-electron chi connectivity index (χ1n) is 8.36. The molecule has 0 saturated heterocycles. The molecule has 7 nitrogen and oxygen atoms in total. The van der Waals surface area contributed by atoms with Crippen LogP contribution < -0.4 is 5.32 Å². The first-order valence-corrected chi connectivity index (χ1v) is 9.90. The first-order chi connectivity index (χ1) is 13.2. The van der Waals surface area contributed by atoms with Gasteiger partial charge in [0.05, 0.1) is 34.3 Å². The van der Waals surface area contributed by atoms with Gasteiger partial charge in [-0.15, -0.1) is 0 Å². The molecule has 3 rings (SSSR count). The summed E-state index contributed by atoms with van der Waals surface area (Å²) < 4.78 is 61.0. The fourth-order valence-electron chi connectivity index (χ4n) is 3.33. The average molecular weight is 413 g/mol. The molecule has 1 aromatic rings. The lowest BCUT2D eigenvalue weighted by atomic mass is 9.81. The van der Waals surface area contributed by atoms with Crippen molar-refractivity contribution in [1.29, 1.82) is 0 Å². The second kappa shape index (κ2) is 7.34. The van der Waals surface area contributed by atoms with E-state index >= 15 is 0 Å². The number of ether oxygens (including phenoxy) is 2. The summed E-state index contributed by atoms with van der Waals surface area (Å²) >= 11 is 0. The molecule has 1 N–H and O–H groups in total. The second-order valence-corrected chi connectivity index (χ2v) is 8.02. The van der Waals surface area contributed by atoms with Gasteiger partial charge >= 0.3 is 17.7 Å². The van der Waals surface area contributed by atoms with Crippen LogP contribution in [-0.4, -0.2) is 39.3 Å². The smallest absolute Gasteiger partial charge is 0.341 e. The fraction of sp³-hybridized carbons (Fsp3) is 0.333. The minimum Gasteiger partial charge on any atom is -0.463 e. The molecule has 0 fully saturated rings. The summed E-state index contributed by atoms with van der Waals surface area (Å²) in [5.41, 5.74) is 0.537. The normalized spacial score (nSPS) is 19.5. The van der Waals surface area contributed by atoms with Crippen molar-refractivity contribution in [3.8, 4) is 0 Å². The van der Waals surface area contributed by atoms with Crippen molar-refractivity contribution in [1.82, 2.24) is 5.32 Å². The Bertz CT molecular complexity index is 1010. The van der Waals surface area contributed by atoms with Crippen LogP contribution in [0.5, 0.6) is 0 Å². The standard InChI is InChI=1S/C18H17F2NO6S/c1-3-26-16(22)13-9(2)21-11-8-27-17(23)15(11)14(13)10-6-4-5-7-12(10)28(24,25)18(19)20/h4-7,14,18,21H,3,8H2,1-2H3. The van der Waals surface area contributed by atoms with Gasteiger partial charge in [0.15, 0.2) is 0 Å². The summed E-state index contributed by atoms with van der Waals surface area (Å²) in [5, 5.41) is 2.89. The summed E-state index contributed by atoms with van der Waals surface area (Å²) in [6.45, 7) is 3.08. The molecule has 150 valence electrons. The molecule has 0 amide bonds. The van der Waals surface area contributed by atoms with Crippen molar-refractivity contribution in [3.05, 3.63) is 52.4 Å². The Kier molecular flexibility index (Phi) is 5.24. The lowest BCUT2D eigenvalue weighted by molar-refractivity contribution is -0.138. The molecule has 1 unspecified atom stereocenters. The zero-order valence-corrected chi connectivity index (χ0v) is 15.8. The molecule has 0 spiro atoms. The predicted octanol–water partition coefficient (Wildman–Crippen LogP) is 2.02. The maximum atomic E-state index is 13.2. The quantitative estimate of drug-likeness (QED) is 0.738. The van der Waals surface area contributed by atoms with E-state index in [1.165, 1.54) is 18.2 Å². The lowest BCUT2D eigenvalue weighted by Crippen LogP contribution is -2.31. The topological polar surface area (TPSA) is 98.8 Å². The highest BCUT2D eigenvalue weighted by Crippen LogP contribution is 2.43. The van der Waals surface area contributed by atoms with Gasteiger partial charge in [0.2, 0.25) is 9.84 Å². The van der Waals surface area contributed by atoms with Crippen LogP contribution in [0.15, 0.2) is 51.7 Å². The number of hydrogen-bond donors (Lipinski definition) is 1. The molecular weight excluding hydrogens is 396 g/mol. The van der Waals surface area contributed by atoms with Crippen molar-refractivity contribution in [3.63, 3.8) is 0 Å². The number of rotatable bonds is 5. The van der Waals surface area contributed by atoms with Crippen LogP contribution in [0.1, 0.15) is 25.3 Å². The molecule has 1 atom stereocenters. The zero-order valence-electron chi connectivity index (χ0n) is 15.0. The summed E-state index contributed by atoms with van der Waals surface area (Å²) in [5.74, 6) is -6.41. The van der Waals surface area contributed by atoms with Gasteiger partial charge in [-0.1, -0.05) is 18.2 Å². The average Bonchev–Trinajstić information content (AvgIpc) is 3.01. The Morgan fingerprint density at radius 2 is 2.04 bits per heavy atom. The van der Waals surface area contributed by atoms with Crippen LogP contribution in [0.2, 0.25) is 0 Å². The van der Waals surface area contributed by atoms with Crippen LogP contribution in [0, 0.1) is 0 Å². The van der Waals surface area contributed by atoms with Crippen molar-refractivity contribution in [2.75, 3.05) is 13.2 Å². The van der Waals surface area contributed by atoms with E-state index in [1.54, 1.807) is 13.8 Å². The van der Waals surface area contributed by atoms with E-state index in [9.17, 15) is 26.8 Å². The Labute approximate surface area is 159 Å². The number of hydrogen-bond acceptors (Lipinski definition) is 7. The van der Waals surface area contributed by atoms with E-state index in [0.29, 0.717) is 11.4 Å². The third-order valence-corrected chi connectivity index (χ3v) is 5.93. The highest BCUT2D eigenvalue weighted by atomic mass is 32.2. The van der Waals surface area contributed by atoms with Crippen molar-refractivity contribution >= 4 is 21.8 Å². The highest BCUT2D eigenvalue weighted by molar-refractivity contribution is 7.91. The molecule has 10 heteroatoms. The Morgan fingerprint density at radius 3 is 2.68 bits per heavy atom. The van der Waals surface area contributed by atoms with Gasteiger partial charge in [-0.2, -0.15) is 8.78 Å². The van der Waals surface area contributed by atoms with Gasteiger partial charge in [0, 0.05) is 5.70 Å². The van der Waals surface area contributed by atoms with Gasteiger partial charge in [0.1, 0.15) is 6.61 Å². The molecule has 2 aliphatic rings. The summed E-state index contributed by atoms with van der Waals surface area (Å²) in [6.07, 6.45) is 0. The number of allylic oxidation sites excluding steroid dienone is 1. The molecule has 0 aliphatic carbocycles. The van der Waals surface area contributed by atoms with Crippen molar-refractivity contribution < 1.29 is 36.3 Å². The Balaban J connectivity index is 2.28.